The van der Waals surface area contributed by atoms with Gasteiger partial charge in [0.1, 0.15) is 6.33 Å². The predicted molar refractivity (Wildman–Crippen MR) is 80.7 cm³/mol. The first-order chi connectivity index (χ1) is 9.84. The fourth-order valence-electron chi connectivity index (χ4n) is 2.70. The van der Waals surface area contributed by atoms with Gasteiger partial charge in [0.2, 0.25) is 0 Å². The van der Waals surface area contributed by atoms with Gasteiger partial charge in [-0.2, -0.15) is 5.10 Å². The summed E-state index contributed by atoms with van der Waals surface area (Å²) < 4.78 is 1.88. The van der Waals surface area contributed by atoms with Crippen LogP contribution in [0.4, 0.5) is 0 Å². The first-order valence-corrected chi connectivity index (χ1v) is 6.63. The van der Waals surface area contributed by atoms with Crippen LogP contribution in [0, 0.1) is 6.92 Å². The zero-order valence-corrected chi connectivity index (χ0v) is 11.1. The highest BCUT2D eigenvalue weighted by atomic mass is 15.2. The Balaban J connectivity index is 2.11. The molecule has 0 aliphatic rings. The van der Waals surface area contributed by atoms with Crippen LogP contribution in [0.1, 0.15) is 5.56 Å². The third-order valence-electron chi connectivity index (χ3n) is 3.66. The number of rotatable bonds is 1. The number of benzene rings is 2. The van der Waals surface area contributed by atoms with Crippen molar-refractivity contribution in [2.75, 3.05) is 0 Å². The predicted octanol–water partition coefficient (Wildman–Crippen LogP) is 3.86. The van der Waals surface area contributed by atoms with Crippen LogP contribution in [0.3, 0.4) is 0 Å². The van der Waals surface area contributed by atoms with Crippen molar-refractivity contribution in [2.45, 2.75) is 6.92 Å². The fraction of sp³-hybridized carbons (Fsp3) is 0.0588. The van der Waals surface area contributed by atoms with Gasteiger partial charge in [-0.1, -0.05) is 48.5 Å². The molecule has 0 aliphatic carbocycles. The summed E-state index contributed by atoms with van der Waals surface area (Å²) in [5.41, 5.74) is 5.48. The van der Waals surface area contributed by atoms with Crippen molar-refractivity contribution in [3.8, 4) is 11.3 Å². The third kappa shape index (κ3) is 1.53. The number of aromatic nitrogens is 3. The molecule has 0 N–H and O–H groups in total. The third-order valence-corrected chi connectivity index (χ3v) is 3.66. The van der Waals surface area contributed by atoms with E-state index in [-0.39, 0.29) is 0 Å². The summed E-state index contributed by atoms with van der Waals surface area (Å²) in [4.78, 5) is 4.46. The molecular weight excluding hydrogens is 246 g/mol. The van der Waals surface area contributed by atoms with E-state index in [1.165, 1.54) is 5.56 Å². The maximum atomic E-state index is 4.69. The zero-order chi connectivity index (χ0) is 13.5. The molecular formula is C17H13N3. The molecule has 4 aromatic rings. The van der Waals surface area contributed by atoms with Gasteiger partial charge in [0.05, 0.1) is 16.7 Å². The van der Waals surface area contributed by atoms with Crippen LogP contribution < -0.4 is 0 Å². The SMILES string of the molecule is Cc1c(-c2ccccc2)nn2cnc3ccccc3c12. The first-order valence-electron chi connectivity index (χ1n) is 6.63. The van der Waals surface area contributed by atoms with Crippen LogP contribution in [-0.2, 0) is 0 Å². The van der Waals surface area contributed by atoms with Crippen LogP contribution in [-0.4, -0.2) is 14.6 Å². The van der Waals surface area contributed by atoms with Gasteiger partial charge in [0.25, 0.3) is 0 Å². The molecule has 2 aromatic heterocycles. The van der Waals surface area contributed by atoms with Gasteiger partial charge in [-0.15, -0.1) is 0 Å². The second-order valence-corrected chi connectivity index (χ2v) is 4.89. The van der Waals surface area contributed by atoms with Crippen LogP contribution in [0.15, 0.2) is 60.9 Å². The quantitative estimate of drug-likeness (QED) is 0.519. The minimum atomic E-state index is 1.00. The number of para-hydroxylation sites is 1. The Morgan fingerprint density at radius 1 is 0.900 bits per heavy atom. The Kier molecular flexibility index (Phi) is 2.33. The molecule has 96 valence electrons. The maximum absolute atomic E-state index is 4.69. The van der Waals surface area contributed by atoms with Crippen molar-refractivity contribution in [3.63, 3.8) is 0 Å². The van der Waals surface area contributed by atoms with Crippen LogP contribution in [0.25, 0.3) is 27.7 Å². The van der Waals surface area contributed by atoms with Crippen LogP contribution >= 0.6 is 0 Å². The normalized spacial score (nSPS) is 11.2. The highest BCUT2D eigenvalue weighted by molar-refractivity contribution is 5.96. The molecule has 3 nitrogen and oxygen atoms in total. The molecule has 0 fully saturated rings. The van der Waals surface area contributed by atoms with E-state index in [9.17, 15) is 0 Å². The highest BCUT2D eigenvalue weighted by Gasteiger charge is 2.13. The molecule has 0 bridgehead atoms. The summed E-state index contributed by atoms with van der Waals surface area (Å²) in [5, 5.41) is 5.83. The van der Waals surface area contributed by atoms with Crippen molar-refractivity contribution in [2.24, 2.45) is 0 Å². The molecule has 0 saturated heterocycles. The zero-order valence-electron chi connectivity index (χ0n) is 11.1. The largest absolute Gasteiger partial charge is 0.236 e. The molecule has 2 heterocycles. The van der Waals surface area contributed by atoms with Crippen molar-refractivity contribution in [1.29, 1.82) is 0 Å². The number of aryl methyl sites for hydroxylation is 1. The number of hydrogen-bond donors (Lipinski definition) is 0. The van der Waals surface area contributed by atoms with Crippen molar-refractivity contribution < 1.29 is 0 Å². The van der Waals surface area contributed by atoms with E-state index in [1.54, 1.807) is 6.33 Å². The average Bonchev–Trinajstić information content (AvgIpc) is 2.86. The monoisotopic (exact) mass is 259 g/mol. The van der Waals surface area contributed by atoms with E-state index in [0.717, 1.165) is 27.7 Å². The van der Waals surface area contributed by atoms with E-state index < -0.39 is 0 Å². The molecule has 0 saturated carbocycles. The van der Waals surface area contributed by atoms with E-state index in [0.29, 0.717) is 0 Å². The standard InChI is InChI=1S/C17H13N3/c1-12-16(13-7-3-2-4-8-13)19-20-11-18-15-10-6-5-9-14(15)17(12)20/h2-11H,1H3. The number of hydrogen-bond acceptors (Lipinski definition) is 2. The molecule has 0 amide bonds. The molecule has 4 rings (SSSR count). The van der Waals surface area contributed by atoms with Crippen molar-refractivity contribution >= 4 is 16.4 Å². The maximum Gasteiger partial charge on any atom is 0.118 e. The molecule has 0 spiro atoms. The topological polar surface area (TPSA) is 30.2 Å². The van der Waals surface area contributed by atoms with E-state index in [4.69, 9.17) is 0 Å². The Morgan fingerprint density at radius 3 is 2.50 bits per heavy atom. The Morgan fingerprint density at radius 2 is 1.65 bits per heavy atom. The molecule has 0 atom stereocenters. The molecule has 3 heteroatoms. The molecule has 0 unspecified atom stereocenters. The molecule has 0 radical (unpaired) electrons. The summed E-state index contributed by atoms with van der Waals surface area (Å²) in [5.74, 6) is 0. The minimum absolute atomic E-state index is 1.00. The second-order valence-electron chi connectivity index (χ2n) is 4.89. The lowest BCUT2D eigenvalue weighted by Crippen LogP contribution is -1.90. The van der Waals surface area contributed by atoms with Crippen molar-refractivity contribution in [3.05, 3.63) is 66.5 Å². The van der Waals surface area contributed by atoms with Gasteiger partial charge >= 0.3 is 0 Å². The average molecular weight is 259 g/mol. The smallest absolute Gasteiger partial charge is 0.118 e. The van der Waals surface area contributed by atoms with E-state index >= 15 is 0 Å². The summed E-state index contributed by atoms with van der Waals surface area (Å²) in [6.45, 7) is 2.12. The summed E-state index contributed by atoms with van der Waals surface area (Å²) >= 11 is 0. The van der Waals surface area contributed by atoms with Gasteiger partial charge < -0.3 is 0 Å². The van der Waals surface area contributed by atoms with E-state index in [2.05, 4.69) is 35.2 Å². The number of nitrogens with zero attached hydrogens (tertiary/aromatic N) is 3. The molecule has 20 heavy (non-hydrogen) atoms. The second kappa shape index (κ2) is 4.17. The number of fused-ring (bicyclic) bond motifs is 3. The summed E-state index contributed by atoms with van der Waals surface area (Å²) in [6.07, 6.45) is 1.79. The molecule has 0 aliphatic heterocycles. The van der Waals surface area contributed by atoms with Gasteiger partial charge in [-0.05, 0) is 13.0 Å². The van der Waals surface area contributed by atoms with Gasteiger partial charge in [0.15, 0.2) is 0 Å². The lowest BCUT2D eigenvalue weighted by molar-refractivity contribution is 0.938. The Hall–Kier alpha value is -2.68. The minimum Gasteiger partial charge on any atom is -0.236 e. The van der Waals surface area contributed by atoms with E-state index in [1.807, 2.05) is 40.9 Å². The lowest BCUT2D eigenvalue weighted by Gasteiger charge is -2.00. The summed E-state index contributed by atoms with van der Waals surface area (Å²) in [6, 6.07) is 18.4. The molecule has 2 aromatic carbocycles. The Bertz CT molecular complexity index is 907. The van der Waals surface area contributed by atoms with Gasteiger partial charge in [-0.3, -0.25) is 0 Å². The van der Waals surface area contributed by atoms with Crippen LogP contribution in [0.5, 0.6) is 0 Å². The fourth-order valence-corrected chi connectivity index (χ4v) is 2.70. The van der Waals surface area contributed by atoms with Crippen molar-refractivity contribution in [1.82, 2.24) is 14.6 Å². The first kappa shape index (κ1) is 11.2. The van der Waals surface area contributed by atoms with Gasteiger partial charge in [-0.25, -0.2) is 9.50 Å². The lowest BCUT2D eigenvalue weighted by atomic mass is 10.1. The Labute approximate surface area is 116 Å². The van der Waals surface area contributed by atoms with Gasteiger partial charge in [0, 0.05) is 16.5 Å². The van der Waals surface area contributed by atoms with Crippen LogP contribution in [0.2, 0.25) is 0 Å². The summed E-state index contributed by atoms with van der Waals surface area (Å²) in [7, 11) is 0. The highest BCUT2D eigenvalue weighted by Crippen LogP contribution is 2.28.